The second-order valence-electron chi connectivity index (χ2n) is 4.55. The Morgan fingerprint density at radius 2 is 2.00 bits per heavy atom. The molecule has 0 aliphatic carbocycles. The van der Waals surface area contributed by atoms with Crippen molar-refractivity contribution in [2.24, 2.45) is 0 Å². The van der Waals surface area contributed by atoms with Gasteiger partial charge in [0.05, 0.1) is 16.3 Å². The molecule has 0 spiro atoms. The molecule has 1 rings (SSSR count). The van der Waals surface area contributed by atoms with Gasteiger partial charge in [-0.2, -0.15) is 13.2 Å². The molecule has 0 amide bonds. The van der Waals surface area contributed by atoms with Crippen LogP contribution in [0.4, 0.5) is 19.0 Å². The van der Waals surface area contributed by atoms with Crippen LogP contribution in [-0.4, -0.2) is 32.2 Å². The number of alkyl halides is 3. The molecule has 0 aliphatic heterocycles. The first-order valence-electron chi connectivity index (χ1n) is 6.59. The molecule has 0 aromatic carbocycles. The quantitative estimate of drug-likeness (QED) is 0.700. The first-order chi connectivity index (χ1) is 10.2. The number of pyridine rings is 1. The van der Waals surface area contributed by atoms with E-state index in [0.717, 1.165) is 12.5 Å². The van der Waals surface area contributed by atoms with Crippen LogP contribution in [-0.2, 0) is 16.2 Å². The summed E-state index contributed by atoms with van der Waals surface area (Å²) >= 11 is 5.71. The van der Waals surface area contributed by atoms with Gasteiger partial charge < -0.3 is 5.32 Å². The number of hydrogen-bond donors (Lipinski definition) is 2. The van der Waals surface area contributed by atoms with Crippen molar-refractivity contribution in [3.63, 3.8) is 0 Å². The Bertz CT molecular complexity index is 594. The van der Waals surface area contributed by atoms with E-state index in [1.54, 1.807) is 0 Å². The van der Waals surface area contributed by atoms with E-state index in [1.165, 1.54) is 0 Å². The summed E-state index contributed by atoms with van der Waals surface area (Å²) < 4.78 is 62.7. The highest BCUT2D eigenvalue weighted by atomic mass is 35.5. The van der Waals surface area contributed by atoms with Crippen molar-refractivity contribution >= 4 is 27.4 Å². The molecule has 1 heterocycles. The van der Waals surface area contributed by atoms with E-state index in [9.17, 15) is 21.6 Å². The van der Waals surface area contributed by atoms with Gasteiger partial charge in [-0.1, -0.05) is 24.9 Å². The van der Waals surface area contributed by atoms with E-state index in [-0.39, 0.29) is 29.7 Å². The van der Waals surface area contributed by atoms with Crippen molar-refractivity contribution in [2.45, 2.75) is 25.9 Å². The molecule has 0 saturated heterocycles. The molecule has 126 valence electrons. The summed E-state index contributed by atoms with van der Waals surface area (Å²) in [5.41, 5.74) is -0.941. The zero-order valence-corrected chi connectivity index (χ0v) is 13.4. The Labute approximate surface area is 132 Å². The lowest BCUT2D eigenvalue weighted by Gasteiger charge is -2.11. The van der Waals surface area contributed by atoms with Crippen molar-refractivity contribution < 1.29 is 21.6 Å². The van der Waals surface area contributed by atoms with Crippen molar-refractivity contribution in [3.8, 4) is 0 Å². The molecular weight excluding hydrogens is 343 g/mol. The van der Waals surface area contributed by atoms with Crippen LogP contribution < -0.4 is 10.0 Å². The smallest absolute Gasteiger partial charge is 0.368 e. The highest BCUT2D eigenvalue weighted by Gasteiger charge is 2.31. The largest absolute Gasteiger partial charge is 0.417 e. The van der Waals surface area contributed by atoms with E-state index in [2.05, 4.69) is 15.0 Å². The zero-order chi connectivity index (χ0) is 16.8. The van der Waals surface area contributed by atoms with E-state index in [0.29, 0.717) is 12.6 Å². The molecule has 22 heavy (non-hydrogen) atoms. The van der Waals surface area contributed by atoms with Crippen LogP contribution in [0.3, 0.4) is 0 Å². The Morgan fingerprint density at radius 3 is 2.55 bits per heavy atom. The standard InChI is InChI=1S/C12H17ClF3N3O2S/c1-2-3-6-22(20,21)19-5-4-17-11-10(13)7-9(8-18-11)12(14,15)16/h7-8,19H,2-6H2,1H3,(H,17,18). The first kappa shape index (κ1) is 19.0. The lowest BCUT2D eigenvalue weighted by Crippen LogP contribution is -2.31. The number of sulfonamides is 1. The lowest BCUT2D eigenvalue weighted by atomic mass is 10.3. The van der Waals surface area contributed by atoms with Crippen molar-refractivity contribution in [3.05, 3.63) is 22.8 Å². The molecule has 0 saturated carbocycles. The summed E-state index contributed by atoms with van der Waals surface area (Å²) in [6.07, 6.45) is -2.51. The summed E-state index contributed by atoms with van der Waals surface area (Å²) in [4.78, 5) is 3.59. The number of hydrogen-bond acceptors (Lipinski definition) is 4. The van der Waals surface area contributed by atoms with Crippen LogP contribution in [0.5, 0.6) is 0 Å². The normalized spacial score (nSPS) is 12.4. The van der Waals surface area contributed by atoms with Crippen LogP contribution in [0.25, 0.3) is 0 Å². The third-order valence-corrected chi connectivity index (χ3v) is 4.43. The highest BCUT2D eigenvalue weighted by molar-refractivity contribution is 7.89. The van der Waals surface area contributed by atoms with Crippen LogP contribution in [0.1, 0.15) is 25.3 Å². The minimum atomic E-state index is -4.51. The number of rotatable bonds is 8. The van der Waals surface area contributed by atoms with Gasteiger partial charge in [0.1, 0.15) is 5.82 Å². The van der Waals surface area contributed by atoms with Crippen LogP contribution in [0.2, 0.25) is 5.02 Å². The fraction of sp³-hybridized carbons (Fsp3) is 0.583. The SMILES string of the molecule is CCCCS(=O)(=O)NCCNc1ncc(C(F)(F)F)cc1Cl. The Balaban J connectivity index is 2.49. The molecule has 2 N–H and O–H groups in total. The Kier molecular flexibility index (Phi) is 6.89. The van der Waals surface area contributed by atoms with Crippen molar-refractivity contribution in [1.82, 2.24) is 9.71 Å². The molecule has 0 unspecified atom stereocenters. The predicted molar refractivity (Wildman–Crippen MR) is 79.4 cm³/mol. The third-order valence-electron chi connectivity index (χ3n) is 2.67. The summed E-state index contributed by atoms with van der Waals surface area (Å²) in [6, 6.07) is 0.766. The molecule has 0 radical (unpaired) electrons. The number of aromatic nitrogens is 1. The average molecular weight is 360 g/mol. The zero-order valence-electron chi connectivity index (χ0n) is 11.9. The first-order valence-corrected chi connectivity index (χ1v) is 8.62. The number of nitrogens with zero attached hydrogens (tertiary/aromatic N) is 1. The van der Waals surface area contributed by atoms with Crippen LogP contribution >= 0.6 is 11.6 Å². The second kappa shape index (κ2) is 7.98. The van der Waals surface area contributed by atoms with E-state index in [4.69, 9.17) is 11.6 Å². The van der Waals surface area contributed by atoms with Gasteiger partial charge >= 0.3 is 6.18 Å². The Hall–Kier alpha value is -1.06. The number of halogens is 4. The van der Waals surface area contributed by atoms with Gasteiger partial charge in [0.25, 0.3) is 0 Å². The maximum Gasteiger partial charge on any atom is 0.417 e. The summed E-state index contributed by atoms with van der Waals surface area (Å²) in [7, 11) is -3.33. The maximum atomic E-state index is 12.4. The van der Waals surface area contributed by atoms with Gasteiger partial charge in [-0.25, -0.2) is 18.1 Å². The van der Waals surface area contributed by atoms with Crippen LogP contribution in [0, 0.1) is 0 Å². The van der Waals surface area contributed by atoms with Crippen molar-refractivity contribution in [1.29, 1.82) is 0 Å². The minimum absolute atomic E-state index is 0.0444. The fourth-order valence-corrected chi connectivity index (χ4v) is 2.98. The maximum absolute atomic E-state index is 12.4. The summed E-state index contributed by atoms with van der Waals surface area (Å²) in [5, 5.41) is 2.51. The summed E-state index contributed by atoms with van der Waals surface area (Å²) in [5.74, 6) is 0.116. The van der Waals surface area contributed by atoms with Crippen LogP contribution in [0.15, 0.2) is 12.3 Å². The molecule has 10 heteroatoms. The van der Waals surface area contributed by atoms with Gasteiger partial charge in [0.15, 0.2) is 0 Å². The molecule has 1 aromatic rings. The molecule has 5 nitrogen and oxygen atoms in total. The second-order valence-corrected chi connectivity index (χ2v) is 6.88. The molecular formula is C12H17ClF3N3O2S. The molecule has 0 aliphatic rings. The topological polar surface area (TPSA) is 71.1 Å². The van der Waals surface area contributed by atoms with Crippen molar-refractivity contribution in [2.75, 3.05) is 24.2 Å². The Morgan fingerprint density at radius 1 is 1.32 bits per heavy atom. The molecule has 0 bridgehead atoms. The van der Waals surface area contributed by atoms with E-state index >= 15 is 0 Å². The molecule has 1 aromatic heterocycles. The monoisotopic (exact) mass is 359 g/mol. The average Bonchev–Trinajstić information content (AvgIpc) is 2.41. The highest BCUT2D eigenvalue weighted by Crippen LogP contribution is 2.32. The molecule has 0 fully saturated rings. The number of unbranched alkanes of at least 4 members (excludes halogenated alkanes) is 1. The third kappa shape index (κ3) is 6.37. The van der Waals surface area contributed by atoms with Gasteiger partial charge in [0, 0.05) is 19.3 Å². The van der Waals surface area contributed by atoms with Gasteiger partial charge in [-0.3, -0.25) is 0 Å². The summed E-state index contributed by atoms with van der Waals surface area (Å²) in [6.45, 7) is 2.13. The minimum Gasteiger partial charge on any atom is -0.368 e. The fourth-order valence-electron chi connectivity index (χ4n) is 1.52. The number of nitrogens with one attached hydrogen (secondary N) is 2. The van der Waals surface area contributed by atoms with Gasteiger partial charge in [-0.05, 0) is 12.5 Å². The number of anilines is 1. The van der Waals surface area contributed by atoms with Gasteiger partial charge in [-0.15, -0.1) is 0 Å². The van der Waals surface area contributed by atoms with E-state index < -0.39 is 21.8 Å². The van der Waals surface area contributed by atoms with E-state index in [1.807, 2.05) is 6.92 Å². The lowest BCUT2D eigenvalue weighted by molar-refractivity contribution is -0.137. The molecule has 0 atom stereocenters. The predicted octanol–water partition coefficient (Wildman–Crippen LogP) is 2.89. The van der Waals surface area contributed by atoms with Gasteiger partial charge in [0.2, 0.25) is 10.0 Å².